The molecule has 0 spiro atoms. The van der Waals surface area contributed by atoms with Gasteiger partial charge in [-0.05, 0) is 45.3 Å². The van der Waals surface area contributed by atoms with Crippen molar-refractivity contribution in [3.8, 4) is 0 Å². The number of hydrogen-bond donors (Lipinski definition) is 1. The van der Waals surface area contributed by atoms with E-state index in [0.29, 0.717) is 13.1 Å². The van der Waals surface area contributed by atoms with Crippen LogP contribution in [0.15, 0.2) is 0 Å². The van der Waals surface area contributed by atoms with Gasteiger partial charge in [-0.1, -0.05) is 6.42 Å². The molecule has 14 heavy (non-hydrogen) atoms. The molecule has 82 valence electrons. The Kier molecular flexibility index (Phi) is 3.39. The van der Waals surface area contributed by atoms with Crippen LogP contribution in [-0.4, -0.2) is 43.3 Å². The highest BCUT2D eigenvalue weighted by Crippen LogP contribution is 2.23. The summed E-state index contributed by atoms with van der Waals surface area (Å²) >= 11 is 0. The maximum atomic E-state index is 14.3. The van der Waals surface area contributed by atoms with Gasteiger partial charge < -0.3 is 10.2 Å². The molecule has 0 saturated carbocycles. The average Bonchev–Trinajstić information content (AvgIpc) is 2.19. The first kappa shape index (κ1) is 10.4. The number of nitrogens with one attached hydrogen (secondary N) is 1. The lowest BCUT2D eigenvalue weighted by Gasteiger charge is -2.36. The van der Waals surface area contributed by atoms with Gasteiger partial charge in [-0.25, -0.2) is 4.39 Å². The Morgan fingerprint density at radius 3 is 2.57 bits per heavy atom. The number of rotatable bonds is 2. The average molecular weight is 200 g/mol. The van der Waals surface area contributed by atoms with Crippen molar-refractivity contribution in [2.75, 3.05) is 32.7 Å². The molecule has 3 heteroatoms. The van der Waals surface area contributed by atoms with E-state index in [2.05, 4.69) is 10.2 Å². The second-order valence-corrected chi connectivity index (χ2v) is 4.77. The summed E-state index contributed by atoms with van der Waals surface area (Å²) in [5.74, 6) is 0. The third-order valence-electron chi connectivity index (χ3n) is 3.38. The first-order valence-corrected chi connectivity index (χ1v) is 5.91. The fourth-order valence-electron chi connectivity index (χ4n) is 2.58. The maximum Gasteiger partial charge on any atom is 0.136 e. The van der Waals surface area contributed by atoms with Gasteiger partial charge in [0.2, 0.25) is 0 Å². The number of halogens is 1. The minimum Gasteiger partial charge on any atom is -0.313 e. The van der Waals surface area contributed by atoms with Gasteiger partial charge in [0.1, 0.15) is 5.67 Å². The van der Waals surface area contributed by atoms with Crippen molar-refractivity contribution < 1.29 is 4.39 Å². The largest absolute Gasteiger partial charge is 0.313 e. The first-order valence-electron chi connectivity index (χ1n) is 5.91. The van der Waals surface area contributed by atoms with Gasteiger partial charge in [-0.2, -0.15) is 0 Å². The number of hydrogen-bond acceptors (Lipinski definition) is 2. The summed E-state index contributed by atoms with van der Waals surface area (Å²) in [5.41, 5.74) is -0.949. The van der Waals surface area contributed by atoms with Crippen LogP contribution in [0.5, 0.6) is 0 Å². The Labute approximate surface area is 85.9 Å². The normalized spacial score (nSPS) is 35.8. The first-order chi connectivity index (χ1) is 6.79. The molecule has 0 amide bonds. The van der Waals surface area contributed by atoms with E-state index in [4.69, 9.17) is 0 Å². The summed E-state index contributed by atoms with van der Waals surface area (Å²) in [6.07, 6.45) is 5.57. The van der Waals surface area contributed by atoms with Gasteiger partial charge in [0.15, 0.2) is 0 Å². The lowest BCUT2D eigenvalue weighted by atomic mass is 9.94. The molecule has 0 aromatic heterocycles. The summed E-state index contributed by atoms with van der Waals surface area (Å²) < 4.78 is 14.3. The Balaban J connectivity index is 1.81. The van der Waals surface area contributed by atoms with Crippen molar-refractivity contribution in [3.63, 3.8) is 0 Å². The lowest BCUT2D eigenvalue weighted by Crippen LogP contribution is -2.50. The van der Waals surface area contributed by atoms with Gasteiger partial charge in [-0.15, -0.1) is 0 Å². The van der Waals surface area contributed by atoms with Crippen LogP contribution < -0.4 is 5.32 Å². The van der Waals surface area contributed by atoms with Crippen LogP contribution in [0.1, 0.15) is 32.1 Å². The summed E-state index contributed by atoms with van der Waals surface area (Å²) in [7, 11) is 0. The maximum absolute atomic E-state index is 14.3. The molecule has 1 N–H and O–H groups in total. The van der Waals surface area contributed by atoms with Gasteiger partial charge in [0.25, 0.3) is 0 Å². The predicted octanol–water partition coefficient (Wildman–Crippen LogP) is 1.56. The molecule has 2 rings (SSSR count). The van der Waals surface area contributed by atoms with Gasteiger partial charge >= 0.3 is 0 Å². The molecule has 0 bridgehead atoms. The highest BCUT2D eigenvalue weighted by Gasteiger charge is 2.33. The van der Waals surface area contributed by atoms with E-state index in [1.54, 1.807) is 0 Å². The number of likely N-dealkylation sites (tertiary alicyclic amines) is 1. The van der Waals surface area contributed by atoms with Crippen molar-refractivity contribution in [2.45, 2.75) is 37.8 Å². The van der Waals surface area contributed by atoms with Crippen LogP contribution >= 0.6 is 0 Å². The Hall–Kier alpha value is -0.150. The topological polar surface area (TPSA) is 15.3 Å². The molecule has 0 aromatic carbocycles. The number of nitrogens with zero attached hydrogens (tertiary/aromatic N) is 1. The summed E-state index contributed by atoms with van der Waals surface area (Å²) in [4.78, 5) is 2.30. The molecule has 0 radical (unpaired) electrons. The zero-order chi connectivity index (χ0) is 9.86. The Morgan fingerprint density at radius 1 is 1.14 bits per heavy atom. The van der Waals surface area contributed by atoms with Crippen LogP contribution in [-0.2, 0) is 0 Å². The summed E-state index contributed by atoms with van der Waals surface area (Å²) in [6.45, 7) is 4.41. The molecule has 0 aromatic rings. The van der Waals surface area contributed by atoms with E-state index in [0.717, 1.165) is 32.5 Å². The van der Waals surface area contributed by atoms with Crippen LogP contribution in [0.2, 0.25) is 0 Å². The monoisotopic (exact) mass is 200 g/mol. The van der Waals surface area contributed by atoms with Gasteiger partial charge in [0, 0.05) is 13.1 Å². The minimum absolute atomic E-state index is 0.559. The van der Waals surface area contributed by atoms with Crippen LogP contribution in [0.25, 0.3) is 0 Å². The zero-order valence-corrected chi connectivity index (χ0v) is 8.90. The van der Waals surface area contributed by atoms with E-state index < -0.39 is 5.67 Å². The van der Waals surface area contributed by atoms with Gasteiger partial charge in [-0.3, -0.25) is 0 Å². The Morgan fingerprint density at radius 2 is 1.93 bits per heavy atom. The van der Waals surface area contributed by atoms with Crippen molar-refractivity contribution in [1.82, 2.24) is 10.2 Å². The molecule has 1 unspecified atom stereocenters. The van der Waals surface area contributed by atoms with Crippen LogP contribution in [0.4, 0.5) is 4.39 Å². The molecule has 1 atom stereocenters. The van der Waals surface area contributed by atoms with Crippen molar-refractivity contribution >= 4 is 0 Å². The third-order valence-corrected chi connectivity index (χ3v) is 3.38. The van der Waals surface area contributed by atoms with E-state index in [-0.39, 0.29) is 0 Å². The summed E-state index contributed by atoms with van der Waals surface area (Å²) in [6, 6.07) is 0. The van der Waals surface area contributed by atoms with Gasteiger partial charge in [0.05, 0.1) is 0 Å². The van der Waals surface area contributed by atoms with Crippen molar-refractivity contribution in [3.05, 3.63) is 0 Å². The molecule has 2 aliphatic heterocycles. The van der Waals surface area contributed by atoms with E-state index in [9.17, 15) is 4.39 Å². The predicted molar refractivity (Wildman–Crippen MR) is 56.2 cm³/mol. The second kappa shape index (κ2) is 4.58. The third kappa shape index (κ3) is 2.67. The highest BCUT2D eigenvalue weighted by atomic mass is 19.1. The molecule has 0 aliphatic carbocycles. The lowest BCUT2D eigenvalue weighted by molar-refractivity contribution is 0.0586. The van der Waals surface area contributed by atoms with Crippen LogP contribution in [0, 0.1) is 0 Å². The second-order valence-electron chi connectivity index (χ2n) is 4.77. The number of piperidine rings is 2. The quantitative estimate of drug-likeness (QED) is 0.728. The fourth-order valence-corrected chi connectivity index (χ4v) is 2.58. The number of alkyl halides is 1. The molecule has 2 saturated heterocycles. The molecule has 2 nitrogen and oxygen atoms in total. The van der Waals surface area contributed by atoms with Crippen molar-refractivity contribution in [1.29, 1.82) is 0 Å². The molecule has 2 aliphatic rings. The van der Waals surface area contributed by atoms with Crippen molar-refractivity contribution in [2.24, 2.45) is 0 Å². The van der Waals surface area contributed by atoms with E-state index in [1.807, 2.05) is 0 Å². The highest BCUT2D eigenvalue weighted by molar-refractivity contribution is 4.89. The minimum atomic E-state index is -0.949. The summed E-state index contributed by atoms with van der Waals surface area (Å²) in [5, 5.41) is 3.16. The smallest absolute Gasteiger partial charge is 0.136 e. The Bertz CT molecular complexity index is 172. The van der Waals surface area contributed by atoms with E-state index >= 15 is 0 Å². The standard InChI is InChI=1S/C11H21FN2/c12-11(5-4-6-13-9-11)10-14-7-2-1-3-8-14/h13H,1-10H2. The van der Waals surface area contributed by atoms with E-state index in [1.165, 1.54) is 19.3 Å². The molecular formula is C11H21FN2. The zero-order valence-electron chi connectivity index (χ0n) is 8.90. The molecule has 2 heterocycles. The molecular weight excluding hydrogens is 179 g/mol. The van der Waals surface area contributed by atoms with Crippen LogP contribution in [0.3, 0.4) is 0 Å². The fraction of sp³-hybridized carbons (Fsp3) is 1.00. The SMILES string of the molecule is FC1(CN2CCCCC2)CCCNC1. The molecule has 2 fully saturated rings.